The molecule has 1 aromatic carbocycles. The van der Waals surface area contributed by atoms with E-state index in [1.165, 1.54) is 23.7 Å². The normalized spacial score (nSPS) is 10.9. The number of ketones is 1. The molecule has 0 aliphatic rings. The van der Waals surface area contributed by atoms with Gasteiger partial charge in [-0.25, -0.2) is 13.3 Å². The van der Waals surface area contributed by atoms with Gasteiger partial charge in [-0.2, -0.15) is 5.10 Å². The van der Waals surface area contributed by atoms with Gasteiger partial charge in [0.2, 0.25) is 5.78 Å². The van der Waals surface area contributed by atoms with Crippen LogP contribution in [0.5, 0.6) is 0 Å². The molecular weight excluding hydrogens is 262 g/mol. The summed E-state index contributed by atoms with van der Waals surface area (Å²) in [5.41, 5.74) is 0.377. The van der Waals surface area contributed by atoms with Gasteiger partial charge in [0.15, 0.2) is 0 Å². The number of carbonyl (C=O) groups excluding carboxylic acids is 1. The topological polar surface area (TPSA) is 34.4 Å². The molecule has 0 fully saturated rings. The Hall–Kier alpha value is -2.56. The zero-order valence-electron chi connectivity index (χ0n) is 10.6. The highest BCUT2D eigenvalue weighted by molar-refractivity contribution is 6.13. The standard InChI is InChI=1S/C15H10F2N2O/c1-9-5-6-11(16)13(14(9)17)15(20)10-8-18-19-7-3-2-4-12(10)19/h2-8H,1H3. The minimum atomic E-state index is -0.867. The Balaban J connectivity index is 2.21. The zero-order valence-corrected chi connectivity index (χ0v) is 10.6. The van der Waals surface area contributed by atoms with Crippen LogP contribution in [0.1, 0.15) is 21.5 Å². The number of hydrogen-bond donors (Lipinski definition) is 0. The number of hydrogen-bond acceptors (Lipinski definition) is 2. The summed E-state index contributed by atoms with van der Waals surface area (Å²) in [5, 5.41) is 4.00. The van der Waals surface area contributed by atoms with Gasteiger partial charge in [0, 0.05) is 6.20 Å². The van der Waals surface area contributed by atoms with Crippen LogP contribution in [0.15, 0.2) is 42.7 Å². The Bertz CT molecular complexity index is 824. The molecule has 0 atom stereocenters. The lowest BCUT2D eigenvalue weighted by molar-refractivity contribution is 0.103. The van der Waals surface area contributed by atoms with E-state index in [2.05, 4.69) is 5.10 Å². The van der Waals surface area contributed by atoms with E-state index in [1.54, 1.807) is 24.4 Å². The SMILES string of the molecule is Cc1ccc(F)c(C(=O)c2cnn3ccccc23)c1F. The number of fused-ring (bicyclic) bond motifs is 1. The van der Waals surface area contributed by atoms with E-state index in [0.717, 1.165) is 6.07 Å². The van der Waals surface area contributed by atoms with E-state index in [-0.39, 0.29) is 11.1 Å². The Morgan fingerprint density at radius 1 is 1.20 bits per heavy atom. The fourth-order valence-corrected chi connectivity index (χ4v) is 2.11. The molecule has 3 aromatic rings. The minimum absolute atomic E-state index is 0.175. The summed E-state index contributed by atoms with van der Waals surface area (Å²) in [4.78, 5) is 12.4. The third-order valence-corrected chi connectivity index (χ3v) is 3.18. The van der Waals surface area contributed by atoms with Crippen LogP contribution in [0.25, 0.3) is 5.52 Å². The lowest BCUT2D eigenvalue weighted by Gasteiger charge is -2.05. The molecule has 2 heterocycles. The third kappa shape index (κ3) is 1.79. The van der Waals surface area contributed by atoms with Gasteiger partial charge < -0.3 is 0 Å². The predicted octanol–water partition coefficient (Wildman–Crippen LogP) is 3.15. The summed E-state index contributed by atoms with van der Waals surface area (Å²) < 4.78 is 29.3. The number of carbonyl (C=O) groups is 1. The minimum Gasteiger partial charge on any atom is -0.288 e. The molecule has 2 aromatic heterocycles. The van der Waals surface area contributed by atoms with E-state index >= 15 is 0 Å². The molecular formula is C15H10F2N2O. The Morgan fingerprint density at radius 2 is 2.00 bits per heavy atom. The number of halogens is 2. The van der Waals surface area contributed by atoms with Crippen LogP contribution in [0.2, 0.25) is 0 Å². The van der Waals surface area contributed by atoms with Crippen LogP contribution in [0.3, 0.4) is 0 Å². The van der Waals surface area contributed by atoms with Crippen LogP contribution in [0.4, 0.5) is 8.78 Å². The van der Waals surface area contributed by atoms with Crippen LogP contribution in [0, 0.1) is 18.6 Å². The molecule has 0 bridgehead atoms. The fraction of sp³-hybridized carbons (Fsp3) is 0.0667. The van der Waals surface area contributed by atoms with Gasteiger partial charge >= 0.3 is 0 Å². The van der Waals surface area contributed by atoms with Crippen molar-refractivity contribution in [2.45, 2.75) is 6.92 Å². The van der Waals surface area contributed by atoms with Gasteiger partial charge in [0.05, 0.1) is 22.8 Å². The number of benzene rings is 1. The van der Waals surface area contributed by atoms with Crippen molar-refractivity contribution in [3.8, 4) is 0 Å². The molecule has 0 saturated carbocycles. The number of pyridine rings is 1. The molecule has 100 valence electrons. The van der Waals surface area contributed by atoms with Gasteiger partial charge in [-0.1, -0.05) is 12.1 Å². The first-order chi connectivity index (χ1) is 9.59. The van der Waals surface area contributed by atoms with E-state index in [1.807, 2.05) is 0 Å². The summed E-state index contributed by atoms with van der Waals surface area (Å²) in [6, 6.07) is 7.56. The Labute approximate surface area is 113 Å². The maximum Gasteiger partial charge on any atom is 0.202 e. The second kappa shape index (κ2) is 4.52. The highest BCUT2D eigenvalue weighted by Gasteiger charge is 2.23. The summed E-state index contributed by atoms with van der Waals surface area (Å²) in [5.74, 6) is -2.40. The van der Waals surface area contributed by atoms with Crippen LogP contribution in [-0.2, 0) is 0 Å². The number of nitrogens with zero attached hydrogens (tertiary/aromatic N) is 2. The van der Waals surface area contributed by atoms with Crippen molar-refractivity contribution >= 4 is 11.3 Å². The molecule has 0 N–H and O–H groups in total. The highest BCUT2D eigenvalue weighted by Crippen LogP contribution is 2.22. The molecule has 0 aliphatic heterocycles. The number of aromatic nitrogens is 2. The molecule has 0 amide bonds. The molecule has 0 saturated heterocycles. The second-order valence-corrected chi connectivity index (χ2v) is 4.47. The van der Waals surface area contributed by atoms with Crippen LogP contribution >= 0.6 is 0 Å². The van der Waals surface area contributed by atoms with E-state index in [0.29, 0.717) is 5.52 Å². The molecule has 0 spiro atoms. The van der Waals surface area contributed by atoms with E-state index in [4.69, 9.17) is 0 Å². The fourth-order valence-electron chi connectivity index (χ4n) is 2.11. The number of rotatable bonds is 2. The Kier molecular flexibility index (Phi) is 2.82. The first kappa shape index (κ1) is 12.5. The van der Waals surface area contributed by atoms with Gasteiger partial charge in [-0.05, 0) is 30.7 Å². The lowest BCUT2D eigenvalue weighted by Crippen LogP contribution is -2.08. The van der Waals surface area contributed by atoms with Crippen molar-refractivity contribution in [1.82, 2.24) is 9.61 Å². The average molecular weight is 272 g/mol. The summed E-state index contributed by atoms with van der Waals surface area (Å²) in [6.45, 7) is 1.49. The van der Waals surface area contributed by atoms with Gasteiger partial charge in [-0.3, -0.25) is 4.79 Å². The molecule has 20 heavy (non-hydrogen) atoms. The molecule has 5 heteroatoms. The molecule has 3 nitrogen and oxygen atoms in total. The van der Waals surface area contributed by atoms with Crippen molar-refractivity contribution in [3.05, 3.63) is 71.1 Å². The van der Waals surface area contributed by atoms with Gasteiger partial charge in [0.25, 0.3) is 0 Å². The highest BCUT2D eigenvalue weighted by atomic mass is 19.1. The van der Waals surface area contributed by atoms with Crippen molar-refractivity contribution in [2.75, 3.05) is 0 Å². The molecule has 3 rings (SSSR count). The summed E-state index contributed by atoms with van der Waals surface area (Å²) in [6.07, 6.45) is 2.98. The van der Waals surface area contributed by atoms with Crippen molar-refractivity contribution in [1.29, 1.82) is 0 Å². The first-order valence-electron chi connectivity index (χ1n) is 6.01. The van der Waals surface area contributed by atoms with Gasteiger partial charge in [-0.15, -0.1) is 0 Å². The maximum atomic E-state index is 14.0. The van der Waals surface area contributed by atoms with Crippen molar-refractivity contribution in [3.63, 3.8) is 0 Å². The van der Waals surface area contributed by atoms with Crippen molar-refractivity contribution in [2.24, 2.45) is 0 Å². The summed E-state index contributed by atoms with van der Waals surface area (Å²) in [7, 11) is 0. The largest absolute Gasteiger partial charge is 0.288 e. The van der Waals surface area contributed by atoms with E-state index in [9.17, 15) is 13.6 Å². The molecule has 0 unspecified atom stereocenters. The van der Waals surface area contributed by atoms with Crippen LogP contribution < -0.4 is 0 Å². The predicted molar refractivity (Wildman–Crippen MR) is 69.7 cm³/mol. The first-order valence-corrected chi connectivity index (χ1v) is 6.01. The second-order valence-electron chi connectivity index (χ2n) is 4.47. The third-order valence-electron chi connectivity index (χ3n) is 3.18. The Morgan fingerprint density at radius 3 is 2.80 bits per heavy atom. The monoisotopic (exact) mass is 272 g/mol. The zero-order chi connectivity index (χ0) is 14.3. The smallest absolute Gasteiger partial charge is 0.202 e. The quantitative estimate of drug-likeness (QED) is 0.672. The van der Waals surface area contributed by atoms with Gasteiger partial charge in [0.1, 0.15) is 11.6 Å². The molecule has 0 radical (unpaired) electrons. The molecule has 0 aliphatic carbocycles. The maximum absolute atomic E-state index is 14.0. The number of aryl methyl sites for hydroxylation is 1. The van der Waals surface area contributed by atoms with E-state index < -0.39 is 23.0 Å². The summed E-state index contributed by atoms with van der Waals surface area (Å²) >= 11 is 0. The average Bonchev–Trinajstić information content (AvgIpc) is 2.87. The van der Waals surface area contributed by atoms with Crippen molar-refractivity contribution < 1.29 is 13.6 Å². The van der Waals surface area contributed by atoms with Crippen LogP contribution in [-0.4, -0.2) is 15.4 Å². The lowest BCUT2D eigenvalue weighted by atomic mass is 10.0.